The van der Waals surface area contributed by atoms with Crippen molar-refractivity contribution in [1.29, 1.82) is 0 Å². The number of benzene rings is 2. The number of nitrogens with zero attached hydrogens (tertiary/aromatic N) is 1. The molecule has 122 valence electrons. The van der Waals surface area contributed by atoms with E-state index in [4.69, 9.17) is 0 Å². The summed E-state index contributed by atoms with van der Waals surface area (Å²) >= 11 is 0. The molecule has 0 saturated heterocycles. The van der Waals surface area contributed by atoms with Gasteiger partial charge in [0.25, 0.3) is 0 Å². The van der Waals surface area contributed by atoms with Crippen molar-refractivity contribution in [1.82, 2.24) is 4.31 Å². The summed E-state index contributed by atoms with van der Waals surface area (Å²) in [5.41, 5.74) is 0. The molecule has 0 N–H and O–H groups in total. The Bertz CT molecular complexity index is 726. The van der Waals surface area contributed by atoms with E-state index in [1.807, 2.05) is 64.1 Å². The zero-order valence-electron chi connectivity index (χ0n) is 13.8. The second kappa shape index (κ2) is 8.63. The molecule has 0 aromatic heterocycles. The van der Waals surface area contributed by atoms with Crippen LogP contribution in [-0.2, 0) is 10.0 Å². The van der Waals surface area contributed by atoms with E-state index in [9.17, 15) is 8.42 Å². The van der Waals surface area contributed by atoms with Crippen LogP contribution in [0.2, 0.25) is 0 Å². The van der Waals surface area contributed by atoms with Gasteiger partial charge in [-0.05, 0) is 23.3 Å². The molecule has 0 atom stereocenters. The second-order valence-electron chi connectivity index (χ2n) is 6.59. The Morgan fingerprint density at radius 2 is 1.39 bits per heavy atom. The molecule has 0 heterocycles. The molecule has 0 bridgehead atoms. The summed E-state index contributed by atoms with van der Waals surface area (Å²) < 4.78 is 27.9. The number of sulfonamides is 1. The Morgan fingerprint density at radius 1 is 0.870 bits per heavy atom. The molecular formula is C18H26NNaO2S. The molecule has 0 saturated carbocycles. The van der Waals surface area contributed by atoms with Crippen LogP contribution >= 0.6 is 0 Å². The molecule has 2 aromatic carbocycles. The standard InChI is InChI=1S/C18H25NO2S.Na.H/c1-14(2)12-19(13-15(3)4)22(20,21)18-11-7-9-16-8-5-6-10-17(16)18;;/h5-11,14-15H,12-13H2,1-4H3;;. The molecule has 2 aromatic rings. The van der Waals surface area contributed by atoms with E-state index >= 15 is 0 Å². The normalized spacial score (nSPS) is 12.1. The summed E-state index contributed by atoms with van der Waals surface area (Å²) in [4.78, 5) is 0.409. The van der Waals surface area contributed by atoms with E-state index in [1.54, 1.807) is 10.4 Å². The van der Waals surface area contributed by atoms with Gasteiger partial charge in [0.2, 0.25) is 10.0 Å². The van der Waals surface area contributed by atoms with Gasteiger partial charge in [-0.3, -0.25) is 0 Å². The van der Waals surface area contributed by atoms with E-state index in [0.29, 0.717) is 29.8 Å². The van der Waals surface area contributed by atoms with Crippen molar-refractivity contribution in [3.05, 3.63) is 42.5 Å². The molecule has 5 heteroatoms. The fraction of sp³-hybridized carbons (Fsp3) is 0.444. The predicted octanol–water partition coefficient (Wildman–Crippen LogP) is 3.49. The summed E-state index contributed by atoms with van der Waals surface area (Å²) in [6.45, 7) is 9.28. The predicted molar refractivity (Wildman–Crippen MR) is 99.5 cm³/mol. The molecule has 0 amide bonds. The van der Waals surface area contributed by atoms with Gasteiger partial charge < -0.3 is 0 Å². The second-order valence-corrected chi connectivity index (χ2v) is 8.49. The summed E-state index contributed by atoms with van der Waals surface area (Å²) in [7, 11) is -3.48. The van der Waals surface area contributed by atoms with E-state index in [1.165, 1.54) is 0 Å². The van der Waals surface area contributed by atoms with Crippen LogP contribution in [0.15, 0.2) is 47.4 Å². The van der Waals surface area contributed by atoms with Gasteiger partial charge in [-0.2, -0.15) is 4.31 Å². The van der Waals surface area contributed by atoms with Gasteiger partial charge in [-0.25, -0.2) is 8.42 Å². The molecular weight excluding hydrogens is 317 g/mol. The molecule has 0 aliphatic rings. The zero-order chi connectivity index (χ0) is 16.3. The quantitative estimate of drug-likeness (QED) is 0.753. The maximum atomic E-state index is 13.1. The molecule has 0 fully saturated rings. The van der Waals surface area contributed by atoms with Crippen LogP contribution in [0.25, 0.3) is 10.8 Å². The van der Waals surface area contributed by atoms with Gasteiger partial charge in [0.1, 0.15) is 0 Å². The van der Waals surface area contributed by atoms with Crippen molar-refractivity contribution in [2.75, 3.05) is 13.1 Å². The molecule has 23 heavy (non-hydrogen) atoms. The first-order chi connectivity index (χ1) is 10.3. The molecule has 0 radical (unpaired) electrons. The van der Waals surface area contributed by atoms with Crippen LogP contribution in [-0.4, -0.2) is 55.4 Å². The van der Waals surface area contributed by atoms with Crippen LogP contribution in [0.3, 0.4) is 0 Å². The molecule has 2 rings (SSSR count). The van der Waals surface area contributed by atoms with Crippen molar-refractivity contribution in [3.8, 4) is 0 Å². The van der Waals surface area contributed by atoms with Crippen LogP contribution in [0, 0.1) is 11.8 Å². The fourth-order valence-corrected chi connectivity index (χ4v) is 4.63. The first-order valence-electron chi connectivity index (χ1n) is 7.80. The number of hydrogen-bond acceptors (Lipinski definition) is 2. The van der Waals surface area contributed by atoms with Crippen LogP contribution in [0.1, 0.15) is 27.7 Å². The first-order valence-corrected chi connectivity index (χ1v) is 9.24. The van der Waals surface area contributed by atoms with Crippen molar-refractivity contribution in [2.45, 2.75) is 32.6 Å². The Kier molecular flexibility index (Phi) is 7.75. The SMILES string of the molecule is CC(C)CN(CC(C)C)S(=O)(=O)c1cccc2ccccc12.[NaH]. The van der Waals surface area contributed by atoms with E-state index in [-0.39, 0.29) is 29.6 Å². The Labute approximate surface area is 162 Å². The fourth-order valence-electron chi connectivity index (χ4n) is 2.65. The van der Waals surface area contributed by atoms with Gasteiger partial charge >= 0.3 is 29.6 Å². The van der Waals surface area contributed by atoms with Gasteiger partial charge in [-0.1, -0.05) is 64.1 Å². The van der Waals surface area contributed by atoms with Gasteiger partial charge in [0.15, 0.2) is 0 Å². The van der Waals surface area contributed by atoms with Gasteiger partial charge in [0, 0.05) is 18.5 Å². The number of hydrogen-bond donors (Lipinski definition) is 0. The molecule has 0 aliphatic heterocycles. The Hall–Kier alpha value is -0.390. The summed E-state index contributed by atoms with van der Waals surface area (Å²) in [5, 5.41) is 1.75. The Balaban J connectivity index is 0.00000264. The van der Waals surface area contributed by atoms with Crippen molar-refractivity contribution < 1.29 is 8.42 Å². The average Bonchev–Trinajstić information content (AvgIpc) is 2.45. The van der Waals surface area contributed by atoms with Crippen LogP contribution in [0.4, 0.5) is 0 Å². The average molecular weight is 343 g/mol. The minimum absolute atomic E-state index is 0. The third kappa shape index (κ3) is 5.04. The molecule has 3 nitrogen and oxygen atoms in total. The molecule has 0 aliphatic carbocycles. The maximum absolute atomic E-state index is 13.1. The molecule has 0 spiro atoms. The van der Waals surface area contributed by atoms with Crippen LogP contribution < -0.4 is 0 Å². The van der Waals surface area contributed by atoms with E-state index in [0.717, 1.165) is 10.8 Å². The summed E-state index contributed by atoms with van der Waals surface area (Å²) in [6.07, 6.45) is 0. The van der Waals surface area contributed by atoms with E-state index in [2.05, 4.69) is 0 Å². The number of rotatable bonds is 6. The van der Waals surface area contributed by atoms with Crippen LogP contribution in [0.5, 0.6) is 0 Å². The zero-order valence-corrected chi connectivity index (χ0v) is 14.6. The molecule has 0 unspecified atom stereocenters. The first kappa shape index (κ1) is 20.7. The minimum atomic E-state index is -3.48. The van der Waals surface area contributed by atoms with Gasteiger partial charge in [-0.15, -0.1) is 0 Å². The van der Waals surface area contributed by atoms with Crippen molar-refractivity contribution in [2.24, 2.45) is 11.8 Å². The number of fused-ring (bicyclic) bond motifs is 1. The topological polar surface area (TPSA) is 37.4 Å². The monoisotopic (exact) mass is 343 g/mol. The van der Waals surface area contributed by atoms with Crippen molar-refractivity contribution >= 4 is 50.4 Å². The third-order valence-corrected chi connectivity index (χ3v) is 5.39. The van der Waals surface area contributed by atoms with Gasteiger partial charge in [0.05, 0.1) is 4.90 Å². The summed E-state index contributed by atoms with van der Waals surface area (Å²) in [6, 6.07) is 13.1. The Morgan fingerprint density at radius 3 is 1.96 bits per heavy atom. The van der Waals surface area contributed by atoms with Crippen molar-refractivity contribution in [3.63, 3.8) is 0 Å². The summed E-state index contributed by atoms with van der Waals surface area (Å²) in [5.74, 6) is 0.590. The van der Waals surface area contributed by atoms with E-state index < -0.39 is 10.0 Å². The third-order valence-electron chi connectivity index (χ3n) is 3.51.